The summed E-state index contributed by atoms with van der Waals surface area (Å²) < 4.78 is 20.7. The maximum absolute atomic E-state index is 11.0. The van der Waals surface area contributed by atoms with Crippen LogP contribution in [0.2, 0.25) is 0 Å². The fraction of sp³-hybridized carbons (Fsp3) is 0.333. The van der Waals surface area contributed by atoms with Crippen LogP contribution in [-0.4, -0.2) is 63.0 Å². The number of hydrogen-bond donors (Lipinski definition) is 2. The molecule has 2 aromatic carbocycles. The molecule has 0 saturated carbocycles. The van der Waals surface area contributed by atoms with Gasteiger partial charge in [-0.2, -0.15) is 4.98 Å². The number of carbonyl (C=O) groups is 2. The highest BCUT2D eigenvalue weighted by atomic mass is 16.8. The number of ether oxygens (including phenoxy) is 3. The smallest absolute Gasteiger partial charge is 0.490 e. The van der Waals surface area contributed by atoms with Crippen molar-refractivity contribution in [1.82, 2.24) is 15.0 Å². The molecule has 3 aromatic rings. The second-order valence-electron chi connectivity index (χ2n) is 9.16. The van der Waals surface area contributed by atoms with Crippen LogP contribution in [-0.2, 0) is 16.0 Å². The number of allylic oxidation sites excluding steroid dienone is 1. The van der Waals surface area contributed by atoms with Gasteiger partial charge in [0.2, 0.25) is 5.82 Å². The first-order valence-electron chi connectivity index (χ1n) is 12.1. The number of carboxylic acid groups (broad SMARTS) is 2. The Hall–Kier alpha value is -4.38. The Labute approximate surface area is 219 Å². The van der Waals surface area contributed by atoms with Gasteiger partial charge in [0.15, 0.2) is 0 Å². The summed E-state index contributed by atoms with van der Waals surface area (Å²) in [6.45, 7) is 5.97. The zero-order valence-electron chi connectivity index (χ0n) is 21.1. The van der Waals surface area contributed by atoms with Crippen LogP contribution < -0.4 is 4.74 Å². The maximum atomic E-state index is 11.0. The molecule has 2 N–H and O–H groups in total. The van der Waals surface area contributed by atoms with Gasteiger partial charge in [-0.1, -0.05) is 35.0 Å². The molecule has 4 rings (SSSR count). The molecule has 0 bridgehead atoms. The molecule has 0 atom stereocenters. The van der Waals surface area contributed by atoms with Crippen LogP contribution in [0.25, 0.3) is 22.8 Å². The topological polar surface area (TPSA) is 144 Å². The van der Waals surface area contributed by atoms with E-state index < -0.39 is 18.1 Å². The largest absolute Gasteiger partial charge is 0.509 e. The average Bonchev–Trinajstić information content (AvgIpc) is 3.36. The lowest BCUT2D eigenvalue weighted by Crippen LogP contribution is -2.49. The van der Waals surface area contributed by atoms with E-state index in [0.29, 0.717) is 38.0 Å². The fourth-order valence-corrected chi connectivity index (χ4v) is 4.07. The number of likely N-dealkylation sites (tertiary alicyclic amines) is 1. The van der Waals surface area contributed by atoms with Gasteiger partial charge in [0.25, 0.3) is 11.7 Å². The van der Waals surface area contributed by atoms with Crippen molar-refractivity contribution in [3.05, 3.63) is 65.7 Å². The molecular weight excluding hydrogens is 494 g/mol. The lowest BCUT2D eigenvalue weighted by Gasteiger charge is -2.38. The van der Waals surface area contributed by atoms with Gasteiger partial charge in [0.1, 0.15) is 12.4 Å². The van der Waals surface area contributed by atoms with Crippen molar-refractivity contribution < 1.29 is 38.5 Å². The highest BCUT2D eigenvalue weighted by Gasteiger charge is 2.42. The van der Waals surface area contributed by atoms with Crippen molar-refractivity contribution in [3.8, 4) is 28.6 Å². The van der Waals surface area contributed by atoms with Gasteiger partial charge < -0.3 is 28.9 Å². The summed E-state index contributed by atoms with van der Waals surface area (Å²) in [4.78, 5) is 28.6. The summed E-state index contributed by atoms with van der Waals surface area (Å²) in [5, 5.41) is 22.0. The maximum Gasteiger partial charge on any atom is 0.509 e. The molecule has 11 nitrogen and oxygen atoms in total. The van der Waals surface area contributed by atoms with Crippen LogP contribution in [0.5, 0.6) is 5.75 Å². The monoisotopic (exact) mass is 523 g/mol. The Morgan fingerprint density at radius 2 is 1.58 bits per heavy atom. The summed E-state index contributed by atoms with van der Waals surface area (Å²) in [5.41, 5.74) is 3.80. The van der Waals surface area contributed by atoms with Gasteiger partial charge in [-0.15, -0.1) is 0 Å². The standard InChI is InChI=1S/C27H29N3O8/c1-18(2)11-16-35-22-9-7-21(8-10-22)24-28-23(29-38-24)20-5-3-19(4-6-20)17-30-14-12-27(13-15-30,36-25(31)32)37-26(33)34/h3-11H,12-17H2,1-2H3,(H,31,32)(H,33,34). The van der Waals surface area contributed by atoms with E-state index in [-0.39, 0.29) is 12.8 Å². The molecule has 0 amide bonds. The average molecular weight is 524 g/mol. The van der Waals surface area contributed by atoms with Crippen LogP contribution in [0.3, 0.4) is 0 Å². The van der Waals surface area contributed by atoms with E-state index in [0.717, 1.165) is 22.4 Å². The summed E-state index contributed by atoms with van der Waals surface area (Å²) in [6.07, 6.45) is -0.910. The Kier molecular flexibility index (Phi) is 8.27. The summed E-state index contributed by atoms with van der Waals surface area (Å²) >= 11 is 0. The Balaban J connectivity index is 1.33. The van der Waals surface area contributed by atoms with Gasteiger partial charge in [-0.25, -0.2) is 9.59 Å². The van der Waals surface area contributed by atoms with E-state index in [2.05, 4.69) is 15.0 Å². The van der Waals surface area contributed by atoms with Gasteiger partial charge in [-0.05, 0) is 49.8 Å². The van der Waals surface area contributed by atoms with Crippen molar-refractivity contribution >= 4 is 12.3 Å². The quantitative estimate of drug-likeness (QED) is 0.210. The molecule has 1 aliphatic rings. The Bertz CT molecular complexity index is 1250. The second-order valence-corrected chi connectivity index (χ2v) is 9.16. The number of nitrogens with zero attached hydrogens (tertiary/aromatic N) is 3. The zero-order valence-corrected chi connectivity index (χ0v) is 21.1. The number of hydrogen-bond acceptors (Lipinski definition) is 9. The van der Waals surface area contributed by atoms with Crippen molar-refractivity contribution in [2.45, 2.75) is 39.0 Å². The predicted octanol–water partition coefficient (Wildman–Crippen LogP) is 5.43. The molecule has 38 heavy (non-hydrogen) atoms. The summed E-state index contributed by atoms with van der Waals surface area (Å²) in [7, 11) is 0. The normalized spacial score (nSPS) is 14.9. The summed E-state index contributed by atoms with van der Waals surface area (Å²) in [5.74, 6) is -0.0451. The summed E-state index contributed by atoms with van der Waals surface area (Å²) in [6, 6.07) is 15.2. The second kappa shape index (κ2) is 11.8. The third-order valence-corrected chi connectivity index (χ3v) is 6.05. The molecule has 1 saturated heterocycles. The molecular formula is C27H29N3O8. The number of aromatic nitrogens is 2. The number of rotatable bonds is 9. The van der Waals surface area contributed by atoms with E-state index in [1.165, 1.54) is 5.57 Å². The lowest BCUT2D eigenvalue weighted by atomic mass is 10.0. The van der Waals surface area contributed by atoms with Crippen LogP contribution >= 0.6 is 0 Å². The molecule has 1 aromatic heterocycles. The lowest BCUT2D eigenvalue weighted by molar-refractivity contribution is -0.205. The van der Waals surface area contributed by atoms with Crippen molar-refractivity contribution in [3.63, 3.8) is 0 Å². The van der Waals surface area contributed by atoms with Crippen molar-refractivity contribution in [2.24, 2.45) is 0 Å². The minimum Gasteiger partial charge on any atom is -0.490 e. The molecule has 0 aliphatic carbocycles. The zero-order chi connectivity index (χ0) is 27.1. The third kappa shape index (κ3) is 7.10. The first-order chi connectivity index (χ1) is 18.2. The predicted molar refractivity (Wildman–Crippen MR) is 136 cm³/mol. The molecule has 11 heteroatoms. The Morgan fingerprint density at radius 1 is 0.974 bits per heavy atom. The molecule has 2 heterocycles. The molecule has 0 unspecified atom stereocenters. The van der Waals surface area contributed by atoms with Crippen LogP contribution in [0.1, 0.15) is 32.3 Å². The van der Waals surface area contributed by atoms with Crippen LogP contribution in [0.4, 0.5) is 9.59 Å². The molecule has 0 spiro atoms. The number of piperidine rings is 1. The molecule has 1 aliphatic heterocycles. The molecule has 200 valence electrons. The van der Waals surface area contributed by atoms with Crippen molar-refractivity contribution in [1.29, 1.82) is 0 Å². The molecule has 0 radical (unpaired) electrons. The van der Waals surface area contributed by atoms with Gasteiger partial charge in [0, 0.05) is 43.6 Å². The SMILES string of the molecule is CC(C)=CCOc1ccc(-c2nc(-c3ccc(CN4CCC(OC(=O)O)(OC(=O)O)CC4)cc3)no2)cc1. The number of benzene rings is 2. The van der Waals surface area contributed by atoms with E-state index >= 15 is 0 Å². The van der Waals surface area contributed by atoms with Crippen molar-refractivity contribution in [2.75, 3.05) is 19.7 Å². The van der Waals surface area contributed by atoms with E-state index in [1.54, 1.807) is 0 Å². The third-order valence-electron chi connectivity index (χ3n) is 6.05. The van der Waals surface area contributed by atoms with Gasteiger partial charge in [0.05, 0.1) is 0 Å². The van der Waals surface area contributed by atoms with Crippen LogP contribution in [0, 0.1) is 0 Å². The Morgan fingerprint density at radius 3 is 2.16 bits per heavy atom. The van der Waals surface area contributed by atoms with E-state index in [4.69, 9.17) is 28.9 Å². The van der Waals surface area contributed by atoms with Crippen LogP contribution in [0.15, 0.2) is 64.7 Å². The first-order valence-corrected chi connectivity index (χ1v) is 12.1. The van der Waals surface area contributed by atoms with Gasteiger partial charge in [-0.3, -0.25) is 4.90 Å². The van der Waals surface area contributed by atoms with E-state index in [9.17, 15) is 9.59 Å². The van der Waals surface area contributed by atoms with E-state index in [1.807, 2.05) is 68.5 Å². The first kappa shape index (κ1) is 26.7. The highest BCUT2D eigenvalue weighted by molar-refractivity contribution is 5.61. The minimum absolute atomic E-state index is 0.109. The fourth-order valence-electron chi connectivity index (χ4n) is 4.07. The van der Waals surface area contributed by atoms with Gasteiger partial charge >= 0.3 is 12.3 Å². The molecule has 1 fully saturated rings. The minimum atomic E-state index is -1.67. The highest BCUT2D eigenvalue weighted by Crippen LogP contribution is 2.30.